The molecular weight excluding hydrogens is 320 g/mol. The van der Waals surface area contributed by atoms with Crippen molar-refractivity contribution in [3.63, 3.8) is 0 Å². The number of nitrogens with one attached hydrogen (secondary N) is 1. The number of hydrogen-bond acceptors (Lipinski definition) is 5. The minimum absolute atomic E-state index is 0.0233. The van der Waals surface area contributed by atoms with Gasteiger partial charge in [0.25, 0.3) is 11.8 Å². The van der Waals surface area contributed by atoms with Gasteiger partial charge in [-0.2, -0.15) is 0 Å². The van der Waals surface area contributed by atoms with E-state index in [4.69, 9.17) is 9.84 Å². The molecule has 0 unspecified atom stereocenters. The molecule has 120 valence electrons. The maximum atomic E-state index is 12.1. The molecule has 2 aliphatic heterocycles. The van der Waals surface area contributed by atoms with Gasteiger partial charge in [-0.1, -0.05) is 18.2 Å². The molecule has 0 aliphatic carbocycles. The number of amides is 2. The van der Waals surface area contributed by atoms with Gasteiger partial charge in [0, 0.05) is 5.75 Å². The molecule has 1 saturated heterocycles. The Kier molecular flexibility index (Phi) is 4.24. The smallest absolute Gasteiger partial charge is 0.352 e. The molecule has 0 spiro atoms. The van der Waals surface area contributed by atoms with Crippen LogP contribution in [0.4, 0.5) is 0 Å². The van der Waals surface area contributed by atoms with Gasteiger partial charge >= 0.3 is 5.97 Å². The predicted molar refractivity (Wildman–Crippen MR) is 82.7 cm³/mol. The minimum atomic E-state index is -1.14. The van der Waals surface area contributed by atoms with E-state index in [2.05, 4.69) is 5.32 Å². The number of fused-ring (bicyclic) bond motifs is 1. The second-order valence-electron chi connectivity index (χ2n) is 4.97. The van der Waals surface area contributed by atoms with Crippen molar-refractivity contribution >= 4 is 29.5 Å². The fourth-order valence-electron chi connectivity index (χ4n) is 2.42. The van der Waals surface area contributed by atoms with Crippen LogP contribution in [0, 0.1) is 0 Å². The van der Waals surface area contributed by atoms with Crippen LogP contribution in [-0.4, -0.2) is 51.6 Å². The van der Waals surface area contributed by atoms with Crippen LogP contribution in [0.5, 0.6) is 5.75 Å². The Morgan fingerprint density at radius 2 is 2.09 bits per heavy atom. The van der Waals surface area contributed by atoms with E-state index in [1.165, 1.54) is 22.7 Å². The van der Waals surface area contributed by atoms with Gasteiger partial charge in [0.05, 0.1) is 0 Å². The number of nitrogens with zero attached hydrogens (tertiary/aromatic N) is 1. The maximum absolute atomic E-state index is 12.1. The third-order valence-electron chi connectivity index (χ3n) is 3.50. The van der Waals surface area contributed by atoms with E-state index >= 15 is 0 Å². The summed E-state index contributed by atoms with van der Waals surface area (Å²) in [6, 6.07) is 8.16. The number of β-lactam (4-membered cyclic amide) rings is 1. The molecule has 0 aromatic heterocycles. The summed E-state index contributed by atoms with van der Waals surface area (Å²) in [4.78, 5) is 36.3. The first-order chi connectivity index (χ1) is 11.1. The van der Waals surface area contributed by atoms with Gasteiger partial charge in [-0.3, -0.25) is 14.5 Å². The van der Waals surface area contributed by atoms with E-state index in [1.54, 1.807) is 24.3 Å². The lowest BCUT2D eigenvalue weighted by molar-refractivity contribution is -0.150. The Labute approximate surface area is 136 Å². The highest BCUT2D eigenvalue weighted by atomic mass is 32.2. The third kappa shape index (κ3) is 3.02. The largest absolute Gasteiger partial charge is 0.484 e. The zero-order chi connectivity index (χ0) is 16.4. The molecule has 8 heteroatoms. The summed E-state index contributed by atoms with van der Waals surface area (Å²) < 4.78 is 5.32. The Balaban J connectivity index is 1.55. The van der Waals surface area contributed by atoms with Crippen molar-refractivity contribution in [1.82, 2.24) is 10.2 Å². The number of aliphatic carboxylic acids is 1. The predicted octanol–water partition coefficient (Wildman–Crippen LogP) is 0.434. The number of carboxylic acids is 1. The molecule has 1 aromatic rings. The summed E-state index contributed by atoms with van der Waals surface area (Å²) in [6.45, 7) is -0.202. The molecule has 2 amide bonds. The van der Waals surface area contributed by atoms with E-state index in [0.717, 1.165) is 0 Å². The van der Waals surface area contributed by atoms with E-state index in [0.29, 0.717) is 11.5 Å². The molecule has 7 nitrogen and oxygen atoms in total. The molecular formula is C15H14N2O5S. The van der Waals surface area contributed by atoms with Crippen molar-refractivity contribution in [2.45, 2.75) is 11.4 Å². The van der Waals surface area contributed by atoms with Crippen molar-refractivity contribution in [3.8, 4) is 5.75 Å². The van der Waals surface area contributed by atoms with Crippen LogP contribution in [0.15, 0.2) is 42.1 Å². The highest BCUT2D eigenvalue weighted by Crippen LogP contribution is 2.37. The monoisotopic (exact) mass is 334 g/mol. The van der Waals surface area contributed by atoms with Gasteiger partial charge in [-0.15, -0.1) is 11.8 Å². The van der Waals surface area contributed by atoms with Crippen LogP contribution >= 0.6 is 11.8 Å². The minimum Gasteiger partial charge on any atom is -0.484 e. The van der Waals surface area contributed by atoms with Gasteiger partial charge in [0.1, 0.15) is 22.9 Å². The normalized spacial score (nSPS) is 22.5. The lowest BCUT2D eigenvalue weighted by Gasteiger charge is -2.48. The summed E-state index contributed by atoms with van der Waals surface area (Å²) >= 11 is 1.41. The molecule has 2 heterocycles. The van der Waals surface area contributed by atoms with Crippen molar-refractivity contribution in [2.24, 2.45) is 0 Å². The number of rotatable bonds is 5. The second-order valence-corrected chi connectivity index (χ2v) is 6.12. The Hall–Kier alpha value is -2.48. The van der Waals surface area contributed by atoms with Crippen LogP contribution in [0.3, 0.4) is 0 Å². The van der Waals surface area contributed by atoms with Crippen LogP contribution in [0.2, 0.25) is 0 Å². The number of thioether (sulfide) groups is 1. The van der Waals surface area contributed by atoms with E-state index in [9.17, 15) is 14.4 Å². The maximum Gasteiger partial charge on any atom is 0.352 e. The molecule has 2 atom stereocenters. The van der Waals surface area contributed by atoms with Gasteiger partial charge in [-0.05, 0) is 18.2 Å². The number of para-hydroxylation sites is 1. The molecule has 3 rings (SSSR count). The third-order valence-corrected chi connectivity index (χ3v) is 4.68. The van der Waals surface area contributed by atoms with Gasteiger partial charge in [0.15, 0.2) is 6.61 Å². The molecule has 23 heavy (non-hydrogen) atoms. The second kappa shape index (κ2) is 6.33. The van der Waals surface area contributed by atoms with Crippen molar-refractivity contribution in [1.29, 1.82) is 0 Å². The average Bonchev–Trinajstić information content (AvgIpc) is 2.57. The van der Waals surface area contributed by atoms with Crippen LogP contribution < -0.4 is 10.1 Å². The summed E-state index contributed by atoms with van der Waals surface area (Å²) in [7, 11) is 0. The van der Waals surface area contributed by atoms with Gasteiger partial charge < -0.3 is 15.2 Å². The molecule has 0 radical (unpaired) electrons. The zero-order valence-electron chi connectivity index (χ0n) is 12.0. The number of carboxylic acid groups (broad SMARTS) is 1. The fraction of sp³-hybridized carbons (Fsp3) is 0.267. The number of carbonyl (C=O) groups is 3. The molecule has 0 bridgehead atoms. The molecule has 1 fully saturated rings. The summed E-state index contributed by atoms with van der Waals surface area (Å²) in [5.41, 5.74) is -0.0233. The highest BCUT2D eigenvalue weighted by molar-refractivity contribution is 8.00. The van der Waals surface area contributed by atoms with Crippen molar-refractivity contribution in [2.75, 3.05) is 12.4 Å². The topological polar surface area (TPSA) is 95.9 Å². The fourth-order valence-corrected chi connectivity index (χ4v) is 3.61. The first-order valence-corrected chi connectivity index (χ1v) is 7.98. The van der Waals surface area contributed by atoms with Crippen LogP contribution in [0.25, 0.3) is 0 Å². The van der Waals surface area contributed by atoms with E-state index in [1.807, 2.05) is 6.07 Å². The average molecular weight is 334 g/mol. The summed E-state index contributed by atoms with van der Waals surface area (Å²) in [6.07, 6.45) is 1.50. The van der Waals surface area contributed by atoms with Gasteiger partial charge in [0.2, 0.25) is 0 Å². The van der Waals surface area contributed by atoms with Crippen molar-refractivity contribution < 1.29 is 24.2 Å². The summed E-state index contributed by atoms with van der Waals surface area (Å²) in [5, 5.41) is 11.3. The first-order valence-electron chi connectivity index (χ1n) is 6.93. The first kappa shape index (κ1) is 15.4. The van der Waals surface area contributed by atoms with Crippen LogP contribution in [-0.2, 0) is 14.4 Å². The lowest BCUT2D eigenvalue weighted by atomic mass is 10.1. The quantitative estimate of drug-likeness (QED) is 0.759. The molecule has 2 aliphatic rings. The van der Waals surface area contributed by atoms with Crippen molar-refractivity contribution in [3.05, 3.63) is 42.1 Å². The van der Waals surface area contributed by atoms with E-state index < -0.39 is 23.8 Å². The number of benzene rings is 1. The highest BCUT2D eigenvalue weighted by Gasteiger charge is 2.52. The van der Waals surface area contributed by atoms with E-state index in [-0.39, 0.29) is 17.7 Å². The molecule has 2 N–H and O–H groups in total. The molecule has 0 saturated carbocycles. The molecule has 1 aromatic carbocycles. The number of ether oxygens (including phenoxy) is 1. The number of hydrogen-bond donors (Lipinski definition) is 2. The standard InChI is InChI=1S/C15H14N2O5S/c18-11(8-22-9-4-2-1-3-5-9)16-12-13(19)17-10(15(20)21)6-7-23-14(12)17/h1-6,12,14H,7-8H2,(H,16,18)(H,20,21)/t12-,14-/m1/s1. The Morgan fingerprint density at radius 1 is 1.35 bits per heavy atom. The van der Waals surface area contributed by atoms with Gasteiger partial charge in [-0.25, -0.2) is 4.79 Å². The van der Waals surface area contributed by atoms with Crippen LogP contribution in [0.1, 0.15) is 0 Å². The summed E-state index contributed by atoms with van der Waals surface area (Å²) in [5.74, 6) is -0.917. The zero-order valence-corrected chi connectivity index (χ0v) is 12.8. The lowest BCUT2D eigenvalue weighted by Crippen LogP contribution is -2.70. The Morgan fingerprint density at radius 3 is 2.78 bits per heavy atom. The Bertz CT molecular complexity index is 676. The SMILES string of the molecule is O=C(COc1ccccc1)N[C@@H]1C(=O)N2C(C(=O)O)=CCS[C@H]12. The number of carbonyl (C=O) groups excluding carboxylic acids is 2.